The Morgan fingerprint density at radius 1 is 1.53 bits per heavy atom. The van der Waals surface area contributed by atoms with Gasteiger partial charge in [0.1, 0.15) is 11.9 Å². The van der Waals surface area contributed by atoms with E-state index in [0.29, 0.717) is 0 Å². The molecule has 0 aromatic heterocycles. The molecule has 1 N–H and O–H groups in total. The van der Waals surface area contributed by atoms with Crippen molar-refractivity contribution in [2.45, 2.75) is 25.9 Å². The van der Waals surface area contributed by atoms with E-state index in [1.54, 1.807) is 0 Å². The molecule has 1 aromatic carbocycles. The van der Waals surface area contributed by atoms with Crippen LogP contribution in [0.3, 0.4) is 0 Å². The summed E-state index contributed by atoms with van der Waals surface area (Å²) in [7, 11) is 0. The van der Waals surface area contributed by atoms with Gasteiger partial charge in [0.05, 0.1) is 6.61 Å². The minimum atomic E-state index is -0.0591. The third-order valence-electron chi connectivity index (χ3n) is 2.60. The van der Waals surface area contributed by atoms with Crippen LogP contribution in [0.15, 0.2) is 24.3 Å². The monoisotopic (exact) mass is 204 g/mol. The van der Waals surface area contributed by atoms with Crippen molar-refractivity contribution >= 4 is 6.08 Å². The largest absolute Gasteiger partial charge is 0.487 e. The van der Waals surface area contributed by atoms with E-state index in [2.05, 4.69) is 25.1 Å². The van der Waals surface area contributed by atoms with Gasteiger partial charge in [0.25, 0.3) is 0 Å². The molecule has 80 valence electrons. The summed E-state index contributed by atoms with van der Waals surface area (Å²) < 4.78 is 5.68. The van der Waals surface area contributed by atoms with Gasteiger partial charge < -0.3 is 9.84 Å². The van der Waals surface area contributed by atoms with E-state index < -0.39 is 0 Å². The lowest BCUT2D eigenvalue weighted by Gasteiger charge is -2.07. The molecule has 1 aliphatic heterocycles. The predicted octanol–water partition coefficient (Wildman–Crippen LogP) is 2.41. The molecular formula is C13H16O2. The Morgan fingerprint density at radius 3 is 3.13 bits per heavy atom. The number of fused-ring (bicyclic) bond motifs is 1. The first-order chi connectivity index (χ1) is 7.35. The number of ether oxygens (including phenoxy) is 1. The molecule has 2 heteroatoms. The van der Waals surface area contributed by atoms with Crippen LogP contribution in [0.1, 0.15) is 24.5 Å². The highest BCUT2D eigenvalue weighted by atomic mass is 16.5. The van der Waals surface area contributed by atoms with E-state index >= 15 is 0 Å². The molecule has 2 rings (SSSR count). The first-order valence-corrected chi connectivity index (χ1v) is 5.41. The summed E-state index contributed by atoms with van der Waals surface area (Å²) in [6, 6.07) is 6.15. The Bertz CT molecular complexity index is 369. The predicted molar refractivity (Wildman–Crippen MR) is 61.0 cm³/mol. The fraction of sp³-hybridized carbons (Fsp3) is 0.385. The van der Waals surface area contributed by atoms with Crippen molar-refractivity contribution in [3.8, 4) is 5.75 Å². The van der Waals surface area contributed by atoms with Gasteiger partial charge in [0.2, 0.25) is 0 Å². The van der Waals surface area contributed by atoms with Gasteiger partial charge in [0.15, 0.2) is 0 Å². The molecule has 1 atom stereocenters. The number of benzene rings is 1. The number of aliphatic hydroxyl groups is 1. The molecular weight excluding hydrogens is 188 g/mol. The average Bonchev–Trinajstić information content (AvgIpc) is 2.69. The highest BCUT2D eigenvalue weighted by Crippen LogP contribution is 2.33. The molecule has 1 aliphatic rings. The zero-order valence-corrected chi connectivity index (χ0v) is 8.94. The van der Waals surface area contributed by atoms with E-state index in [0.717, 1.165) is 24.2 Å². The number of hydrogen-bond acceptors (Lipinski definition) is 2. The van der Waals surface area contributed by atoms with Gasteiger partial charge >= 0.3 is 0 Å². The van der Waals surface area contributed by atoms with E-state index in [1.807, 2.05) is 12.1 Å². The van der Waals surface area contributed by atoms with Gasteiger partial charge in [-0.25, -0.2) is 0 Å². The number of hydrogen-bond donors (Lipinski definition) is 1. The summed E-state index contributed by atoms with van der Waals surface area (Å²) in [4.78, 5) is 0. The number of para-hydroxylation sites is 1. The van der Waals surface area contributed by atoms with E-state index in [9.17, 15) is 0 Å². The average molecular weight is 204 g/mol. The summed E-state index contributed by atoms with van der Waals surface area (Å²) in [5, 5.41) is 9.06. The standard InChI is InChI=1S/C13H16O2/c1-2-3-5-10-6-4-7-11-8-12(9-14)15-13(10)11/h3-7,12,14H,2,8-9H2,1H3/b5-3+. The van der Waals surface area contributed by atoms with Crippen molar-refractivity contribution in [3.63, 3.8) is 0 Å². The lowest BCUT2D eigenvalue weighted by molar-refractivity contribution is 0.134. The van der Waals surface area contributed by atoms with Crippen molar-refractivity contribution in [2.24, 2.45) is 0 Å². The Labute approximate surface area is 90.2 Å². The van der Waals surface area contributed by atoms with Crippen molar-refractivity contribution in [3.05, 3.63) is 35.4 Å². The summed E-state index contributed by atoms with van der Waals surface area (Å²) in [6.07, 6.45) is 5.98. The summed E-state index contributed by atoms with van der Waals surface area (Å²) in [5.74, 6) is 0.946. The smallest absolute Gasteiger partial charge is 0.130 e. The zero-order valence-electron chi connectivity index (χ0n) is 8.94. The maximum Gasteiger partial charge on any atom is 0.130 e. The molecule has 1 aromatic rings. The minimum Gasteiger partial charge on any atom is -0.487 e. The Balaban J connectivity index is 2.28. The lowest BCUT2D eigenvalue weighted by atomic mass is 10.1. The topological polar surface area (TPSA) is 29.5 Å². The molecule has 0 aliphatic carbocycles. The molecule has 0 saturated carbocycles. The molecule has 0 saturated heterocycles. The molecule has 2 nitrogen and oxygen atoms in total. The Morgan fingerprint density at radius 2 is 2.40 bits per heavy atom. The summed E-state index contributed by atoms with van der Waals surface area (Å²) in [6.45, 7) is 2.20. The second-order valence-corrected chi connectivity index (χ2v) is 3.77. The quantitative estimate of drug-likeness (QED) is 0.819. The van der Waals surface area contributed by atoms with Gasteiger partial charge in [-0.15, -0.1) is 0 Å². The second-order valence-electron chi connectivity index (χ2n) is 3.77. The van der Waals surface area contributed by atoms with Crippen LogP contribution in [-0.4, -0.2) is 17.8 Å². The molecule has 0 amide bonds. The van der Waals surface area contributed by atoms with Crippen LogP contribution in [0.4, 0.5) is 0 Å². The van der Waals surface area contributed by atoms with E-state index in [-0.39, 0.29) is 12.7 Å². The molecule has 1 unspecified atom stereocenters. The first kappa shape index (κ1) is 10.2. The molecule has 15 heavy (non-hydrogen) atoms. The lowest BCUT2D eigenvalue weighted by Crippen LogP contribution is -2.17. The molecule has 0 bridgehead atoms. The maximum atomic E-state index is 9.06. The van der Waals surface area contributed by atoms with Gasteiger partial charge in [-0.1, -0.05) is 37.3 Å². The normalized spacial score (nSPS) is 19.2. The van der Waals surface area contributed by atoms with Crippen molar-refractivity contribution in [1.29, 1.82) is 0 Å². The van der Waals surface area contributed by atoms with Crippen LogP contribution in [0.25, 0.3) is 6.08 Å². The first-order valence-electron chi connectivity index (χ1n) is 5.41. The molecule has 0 radical (unpaired) electrons. The SMILES string of the molecule is CC/C=C/c1cccc2c1OC(CO)C2. The van der Waals surface area contributed by atoms with Crippen LogP contribution >= 0.6 is 0 Å². The highest BCUT2D eigenvalue weighted by molar-refractivity contribution is 5.61. The van der Waals surface area contributed by atoms with Gasteiger partial charge in [-0.3, -0.25) is 0 Å². The zero-order chi connectivity index (χ0) is 10.7. The molecule has 0 fully saturated rings. The van der Waals surface area contributed by atoms with Gasteiger partial charge in [-0.05, 0) is 12.0 Å². The fourth-order valence-electron chi connectivity index (χ4n) is 1.84. The van der Waals surface area contributed by atoms with Gasteiger partial charge in [-0.2, -0.15) is 0 Å². The fourth-order valence-corrected chi connectivity index (χ4v) is 1.84. The second kappa shape index (κ2) is 4.49. The molecule has 0 spiro atoms. The maximum absolute atomic E-state index is 9.06. The van der Waals surface area contributed by atoms with E-state index in [1.165, 1.54) is 5.56 Å². The van der Waals surface area contributed by atoms with Crippen molar-refractivity contribution in [1.82, 2.24) is 0 Å². The van der Waals surface area contributed by atoms with Crippen LogP contribution in [-0.2, 0) is 6.42 Å². The summed E-state index contributed by atoms with van der Waals surface area (Å²) >= 11 is 0. The van der Waals surface area contributed by atoms with E-state index in [4.69, 9.17) is 9.84 Å². The Hall–Kier alpha value is -1.28. The van der Waals surface area contributed by atoms with Gasteiger partial charge in [0, 0.05) is 12.0 Å². The minimum absolute atomic E-state index is 0.0591. The Kier molecular flexibility index (Phi) is 3.07. The van der Waals surface area contributed by atoms with Crippen molar-refractivity contribution in [2.75, 3.05) is 6.61 Å². The van der Waals surface area contributed by atoms with Crippen molar-refractivity contribution < 1.29 is 9.84 Å². The number of allylic oxidation sites excluding steroid dienone is 1. The van der Waals surface area contributed by atoms with Crippen LogP contribution in [0, 0.1) is 0 Å². The third kappa shape index (κ3) is 2.05. The van der Waals surface area contributed by atoms with Crippen LogP contribution in [0.2, 0.25) is 0 Å². The third-order valence-corrected chi connectivity index (χ3v) is 2.60. The van der Waals surface area contributed by atoms with Crippen LogP contribution in [0.5, 0.6) is 5.75 Å². The molecule has 1 heterocycles. The number of rotatable bonds is 3. The highest BCUT2D eigenvalue weighted by Gasteiger charge is 2.23. The van der Waals surface area contributed by atoms with Crippen LogP contribution < -0.4 is 4.74 Å². The number of aliphatic hydroxyl groups excluding tert-OH is 1. The summed E-state index contributed by atoms with van der Waals surface area (Å²) in [5.41, 5.74) is 2.32.